The Balaban J connectivity index is 3.27. The lowest BCUT2D eigenvalue weighted by Gasteiger charge is -2.19. The Hall–Kier alpha value is -1.53. The van der Waals surface area contributed by atoms with E-state index in [4.69, 9.17) is 5.11 Å². The standard InChI is InChI=1S/C10H13F3N2O2/c1-5-9(6(2)15(3)14-5)7(4-8(16)17)10(11,12)13/h7H,4H2,1-3H3,(H,16,17). The van der Waals surface area contributed by atoms with Crippen molar-refractivity contribution >= 4 is 5.97 Å². The van der Waals surface area contributed by atoms with E-state index in [1.165, 1.54) is 25.6 Å². The van der Waals surface area contributed by atoms with E-state index < -0.39 is 24.5 Å². The number of carbonyl (C=O) groups is 1. The summed E-state index contributed by atoms with van der Waals surface area (Å²) in [5.41, 5.74) is 0.516. The maximum Gasteiger partial charge on any atom is 0.396 e. The third kappa shape index (κ3) is 2.78. The normalized spacial score (nSPS) is 13.8. The molecule has 1 aromatic rings. The third-order valence-electron chi connectivity index (χ3n) is 2.69. The van der Waals surface area contributed by atoms with Crippen LogP contribution >= 0.6 is 0 Å². The van der Waals surface area contributed by atoms with Gasteiger partial charge in [0.15, 0.2) is 0 Å². The Morgan fingerprint density at radius 2 is 2.00 bits per heavy atom. The number of rotatable bonds is 3. The van der Waals surface area contributed by atoms with Crippen LogP contribution in [0.3, 0.4) is 0 Å². The van der Waals surface area contributed by atoms with Gasteiger partial charge in [-0.05, 0) is 13.8 Å². The number of aliphatic carboxylic acids is 1. The second-order valence-corrected chi connectivity index (χ2v) is 3.90. The first-order valence-corrected chi connectivity index (χ1v) is 4.93. The van der Waals surface area contributed by atoms with Crippen LogP contribution in [-0.4, -0.2) is 27.0 Å². The summed E-state index contributed by atoms with van der Waals surface area (Å²) >= 11 is 0. The van der Waals surface area contributed by atoms with Gasteiger partial charge in [-0.1, -0.05) is 0 Å². The summed E-state index contributed by atoms with van der Waals surface area (Å²) in [7, 11) is 1.53. The van der Waals surface area contributed by atoms with Crippen LogP contribution in [0.2, 0.25) is 0 Å². The summed E-state index contributed by atoms with van der Waals surface area (Å²) in [5, 5.41) is 12.4. The zero-order chi connectivity index (χ0) is 13.4. The van der Waals surface area contributed by atoms with Gasteiger partial charge in [0.05, 0.1) is 18.0 Å². The van der Waals surface area contributed by atoms with E-state index in [1.54, 1.807) is 0 Å². The van der Waals surface area contributed by atoms with Crippen molar-refractivity contribution in [3.8, 4) is 0 Å². The summed E-state index contributed by atoms with van der Waals surface area (Å²) in [6.07, 6.45) is -5.56. The van der Waals surface area contributed by atoms with Crippen LogP contribution in [0.25, 0.3) is 0 Å². The zero-order valence-electron chi connectivity index (χ0n) is 9.67. The molecular weight excluding hydrogens is 237 g/mol. The highest BCUT2D eigenvalue weighted by atomic mass is 19.4. The average molecular weight is 250 g/mol. The average Bonchev–Trinajstić information content (AvgIpc) is 2.36. The zero-order valence-corrected chi connectivity index (χ0v) is 9.67. The number of hydrogen-bond donors (Lipinski definition) is 1. The molecule has 0 fully saturated rings. The summed E-state index contributed by atoms with van der Waals surface area (Å²) in [4.78, 5) is 10.5. The van der Waals surface area contributed by atoms with Crippen LogP contribution in [0.1, 0.15) is 29.3 Å². The quantitative estimate of drug-likeness (QED) is 0.894. The highest BCUT2D eigenvalue weighted by molar-refractivity contribution is 5.68. The molecule has 0 amide bonds. The first kappa shape index (κ1) is 13.5. The smallest absolute Gasteiger partial charge is 0.396 e. The van der Waals surface area contributed by atoms with Gasteiger partial charge in [-0.3, -0.25) is 9.48 Å². The van der Waals surface area contributed by atoms with E-state index >= 15 is 0 Å². The molecule has 0 bridgehead atoms. The van der Waals surface area contributed by atoms with Gasteiger partial charge in [0.25, 0.3) is 0 Å². The molecule has 0 spiro atoms. The fourth-order valence-electron chi connectivity index (χ4n) is 1.85. The van der Waals surface area contributed by atoms with E-state index in [9.17, 15) is 18.0 Å². The van der Waals surface area contributed by atoms with Crippen molar-refractivity contribution in [2.75, 3.05) is 0 Å². The van der Waals surface area contributed by atoms with Crippen LogP contribution < -0.4 is 0 Å². The molecule has 0 aliphatic carbocycles. The Morgan fingerprint density at radius 1 is 1.47 bits per heavy atom. The molecule has 0 aromatic carbocycles. The summed E-state index contributed by atoms with van der Waals surface area (Å²) in [6.45, 7) is 2.94. The first-order chi connectivity index (χ1) is 7.64. The number of halogens is 3. The van der Waals surface area contributed by atoms with E-state index in [0.717, 1.165) is 0 Å². The minimum Gasteiger partial charge on any atom is -0.481 e. The van der Waals surface area contributed by atoms with Gasteiger partial charge in [-0.15, -0.1) is 0 Å². The summed E-state index contributed by atoms with van der Waals surface area (Å²) in [6, 6.07) is 0. The minimum absolute atomic E-state index is 0.0394. The second-order valence-electron chi connectivity index (χ2n) is 3.90. The van der Waals surface area contributed by atoms with Crippen LogP contribution in [0.4, 0.5) is 13.2 Å². The van der Waals surface area contributed by atoms with Crippen LogP contribution in [0, 0.1) is 13.8 Å². The van der Waals surface area contributed by atoms with E-state index in [1.807, 2.05) is 0 Å². The minimum atomic E-state index is -4.59. The predicted octanol–water partition coefficient (Wildman–Crippen LogP) is 2.16. The van der Waals surface area contributed by atoms with Crippen molar-refractivity contribution < 1.29 is 23.1 Å². The molecule has 1 atom stereocenters. The number of carboxylic acid groups (broad SMARTS) is 1. The molecule has 1 aromatic heterocycles. The topological polar surface area (TPSA) is 55.1 Å². The lowest BCUT2D eigenvalue weighted by atomic mass is 9.93. The largest absolute Gasteiger partial charge is 0.481 e. The predicted molar refractivity (Wildman–Crippen MR) is 53.7 cm³/mol. The Morgan fingerprint density at radius 3 is 2.29 bits per heavy atom. The number of nitrogens with zero attached hydrogens (tertiary/aromatic N) is 2. The van der Waals surface area contributed by atoms with Crippen molar-refractivity contribution in [1.82, 2.24) is 9.78 Å². The Bertz CT molecular complexity index is 437. The SMILES string of the molecule is Cc1nn(C)c(C)c1C(CC(=O)O)C(F)(F)F. The third-order valence-corrected chi connectivity index (χ3v) is 2.69. The first-order valence-electron chi connectivity index (χ1n) is 4.93. The van der Waals surface area contributed by atoms with Gasteiger partial charge in [0, 0.05) is 18.3 Å². The van der Waals surface area contributed by atoms with Crippen LogP contribution in [0.15, 0.2) is 0 Å². The number of hydrogen-bond acceptors (Lipinski definition) is 2. The Labute approximate surface area is 96.0 Å². The van der Waals surface area contributed by atoms with E-state index in [-0.39, 0.29) is 11.3 Å². The molecule has 1 rings (SSSR count). The van der Waals surface area contributed by atoms with Gasteiger partial charge in [0.2, 0.25) is 0 Å². The molecule has 96 valence electrons. The summed E-state index contributed by atoms with van der Waals surface area (Å²) in [5.74, 6) is -3.48. The lowest BCUT2D eigenvalue weighted by Crippen LogP contribution is -2.24. The van der Waals surface area contributed by atoms with Crippen LogP contribution in [-0.2, 0) is 11.8 Å². The van der Waals surface area contributed by atoms with Crippen molar-refractivity contribution in [2.45, 2.75) is 32.4 Å². The van der Waals surface area contributed by atoms with E-state index in [0.29, 0.717) is 5.69 Å². The van der Waals surface area contributed by atoms with Gasteiger partial charge in [-0.2, -0.15) is 18.3 Å². The van der Waals surface area contributed by atoms with Gasteiger partial charge >= 0.3 is 12.1 Å². The van der Waals surface area contributed by atoms with Crippen molar-refractivity contribution in [3.63, 3.8) is 0 Å². The number of aromatic nitrogens is 2. The molecule has 4 nitrogen and oxygen atoms in total. The maximum absolute atomic E-state index is 12.8. The van der Waals surface area contributed by atoms with Crippen molar-refractivity contribution in [3.05, 3.63) is 17.0 Å². The van der Waals surface area contributed by atoms with Crippen molar-refractivity contribution in [2.24, 2.45) is 7.05 Å². The molecule has 0 saturated heterocycles. The molecule has 7 heteroatoms. The monoisotopic (exact) mass is 250 g/mol. The molecule has 0 aliphatic heterocycles. The van der Waals surface area contributed by atoms with Gasteiger partial charge in [-0.25, -0.2) is 0 Å². The van der Waals surface area contributed by atoms with E-state index in [2.05, 4.69) is 5.10 Å². The number of alkyl halides is 3. The molecule has 1 unspecified atom stereocenters. The highest BCUT2D eigenvalue weighted by Crippen LogP contribution is 2.39. The van der Waals surface area contributed by atoms with Crippen molar-refractivity contribution in [1.29, 1.82) is 0 Å². The molecule has 0 radical (unpaired) electrons. The molecule has 0 saturated carbocycles. The highest BCUT2D eigenvalue weighted by Gasteiger charge is 2.44. The second kappa shape index (κ2) is 4.38. The van der Waals surface area contributed by atoms with Gasteiger partial charge < -0.3 is 5.11 Å². The molecule has 17 heavy (non-hydrogen) atoms. The summed E-state index contributed by atoms with van der Waals surface area (Å²) < 4.78 is 39.8. The maximum atomic E-state index is 12.8. The van der Waals surface area contributed by atoms with Crippen LogP contribution in [0.5, 0.6) is 0 Å². The molecule has 1 heterocycles. The Kier molecular flexibility index (Phi) is 3.49. The van der Waals surface area contributed by atoms with Gasteiger partial charge in [0.1, 0.15) is 0 Å². The fraction of sp³-hybridized carbons (Fsp3) is 0.600. The fourth-order valence-corrected chi connectivity index (χ4v) is 1.85. The molecular formula is C10H13F3N2O2. The number of aryl methyl sites for hydroxylation is 2. The number of carboxylic acids is 1. The molecule has 0 aliphatic rings. The molecule has 1 N–H and O–H groups in total. The lowest BCUT2D eigenvalue weighted by molar-refractivity contribution is -0.163.